The lowest BCUT2D eigenvalue weighted by Gasteiger charge is -2.08. The van der Waals surface area contributed by atoms with E-state index >= 15 is 0 Å². The van der Waals surface area contributed by atoms with E-state index in [0.29, 0.717) is 11.5 Å². The van der Waals surface area contributed by atoms with Gasteiger partial charge in [0.1, 0.15) is 11.5 Å². The third kappa shape index (κ3) is 4.36. The molecule has 0 fully saturated rings. The second kappa shape index (κ2) is 7.49. The zero-order chi connectivity index (χ0) is 16.8. The van der Waals surface area contributed by atoms with Crippen LogP contribution in [0.2, 0.25) is 0 Å². The van der Waals surface area contributed by atoms with E-state index in [4.69, 9.17) is 9.47 Å². The number of methoxy groups -OCH3 is 2. The quantitative estimate of drug-likeness (QED) is 0.850. The van der Waals surface area contributed by atoms with Crippen molar-refractivity contribution in [3.05, 3.63) is 59.2 Å². The molecule has 0 saturated carbocycles. The SMILES string of the molecule is COc1ccc(OC)c(/C=C/C(=O)Nc2ccc(C)cc2C)c1. The second-order valence-electron chi connectivity index (χ2n) is 5.25. The summed E-state index contributed by atoms with van der Waals surface area (Å²) in [5.74, 6) is 1.20. The Morgan fingerprint density at radius 1 is 1.04 bits per heavy atom. The predicted octanol–water partition coefficient (Wildman–Crippen LogP) is 3.97. The maximum atomic E-state index is 12.1. The van der Waals surface area contributed by atoms with Gasteiger partial charge >= 0.3 is 0 Å². The molecule has 120 valence electrons. The number of anilines is 1. The highest BCUT2D eigenvalue weighted by molar-refractivity contribution is 6.02. The highest BCUT2D eigenvalue weighted by Crippen LogP contribution is 2.25. The van der Waals surface area contributed by atoms with Gasteiger partial charge in [-0.1, -0.05) is 17.7 Å². The van der Waals surface area contributed by atoms with Crippen LogP contribution in [0.4, 0.5) is 5.69 Å². The summed E-state index contributed by atoms with van der Waals surface area (Å²) >= 11 is 0. The lowest BCUT2D eigenvalue weighted by molar-refractivity contribution is -0.111. The Kier molecular flexibility index (Phi) is 5.41. The van der Waals surface area contributed by atoms with Crippen LogP contribution in [0.1, 0.15) is 16.7 Å². The van der Waals surface area contributed by atoms with Gasteiger partial charge in [-0.3, -0.25) is 4.79 Å². The van der Waals surface area contributed by atoms with Crippen LogP contribution in [-0.4, -0.2) is 20.1 Å². The molecule has 0 heterocycles. The molecule has 0 spiro atoms. The smallest absolute Gasteiger partial charge is 0.248 e. The molecule has 0 saturated heterocycles. The largest absolute Gasteiger partial charge is 0.497 e. The van der Waals surface area contributed by atoms with E-state index in [1.54, 1.807) is 26.4 Å². The number of carbonyl (C=O) groups is 1. The van der Waals surface area contributed by atoms with Gasteiger partial charge in [0.25, 0.3) is 0 Å². The van der Waals surface area contributed by atoms with Crippen molar-refractivity contribution in [2.75, 3.05) is 19.5 Å². The molecule has 2 rings (SSSR count). The highest BCUT2D eigenvalue weighted by atomic mass is 16.5. The van der Waals surface area contributed by atoms with Crippen LogP contribution in [0.15, 0.2) is 42.5 Å². The molecule has 0 aliphatic rings. The summed E-state index contributed by atoms with van der Waals surface area (Å²) < 4.78 is 10.5. The molecule has 0 aliphatic carbocycles. The van der Waals surface area contributed by atoms with E-state index < -0.39 is 0 Å². The molecule has 0 unspecified atom stereocenters. The summed E-state index contributed by atoms with van der Waals surface area (Å²) in [7, 11) is 3.19. The molecular weight excluding hydrogens is 290 g/mol. The van der Waals surface area contributed by atoms with Crippen molar-refractivity contribution < 1.29 is 14.3 Å². The number of ether oxygens (including phenoxy) is 2. The van der Waals surface area contributed by atoms with Gasteiger partial charge in [-0.15, -0.1) is 0 Å². The number of rotatable bonds is 5. The summed E-state index contributed by atoms with van der Waals surface area (Å²) in [5, 5.41) is 2.88. The van der Waals surface area contributed by atoms with Crippen LogP contribution in [0.25, 0.3) is 6.08 Å². The third-order valence-corrected chi connectivity index (χ3v) is 3.49. The van der Waals surface area contributed by atoms with Gasteiger partial charge in [0.05, 0.1) is 14.2 Å². The van der Waals surface area contributed by atoms with Gasteiger partial charge in [0.15, 0.2) is 0 Å². The number of amides is 1. The van der Waals surface area contributed by atoms with Gasteiger partial charge in [-0.2, -0.15) is 0 Å². The lowest BCUT2D eigenvalue weighted by Crippen LogP contribution is -2.09. The van der Waals surface area contributed by atoms with E-state index in [1.807, 2.05) is 44.2 Å². The maximum absolute atomic E-state index is 12.1. The Morgan fingerprint density at radius 2 is 1.83 bits per heavy atom. The van der Waals surface area contributed by atoms with Crippen molar-refractivity contribution >= 4 is 17.7 Å². The normalized spacial score (nSPS) is 10.6. The van der Waals surface area contributed by atoms with Gasteiger partial charge in [-0.25, -0.2) is 0 Å². The molecule has 4 heteroatoms. The average Bonchev–Trinajstić information content (AvgIpc) is 2.55. The molecule has 0 atom stereocenters. The fourth-order valence-electron chi connectivity index (χ4n) is 2.26. The molecule has 2 aromatic rings. The molecule has 1 amide bonds. The number of hydrogen-bond donors (Lipinski definition) is 1. The highest BCUT2D eigenvalue weighted by Gasteiger charge is 2.04. The Bertz CT molecular complexity index is 735. The number of nitrogens with one attached hydrogen (secondary N) is 1. The van der Waals surface area contributed by atoms with Gasteiger partial charge < -0.3 is 14.8 Å². The molecule has 4 nitrogen and oxygen atoms in total. The van der Waals surface area contributed by atoms with Crippen molar-refractivity contribution in [3.63, 3.8) is 0 Å². The Balaban J connectivity index is 2.14. The molecule has 0 aromatic heterocycles. The summed E-state index contributed by atoms with van der Waals surface area (Å²) in [6.07, 6.45) is 3.19. The minimum Gasteiger partial charge on any atom is -0.497 e. The summed E-state index contributed by atoms with van der Waals surface area (Å²) in [4.78, 5) is 12.1. The van der Waals surface area contributed by atoms with Crippen LogP contribution < -0.4 is 14.8 Å². The fraction of sp³-hybridized carbons (Fsp3) is 0.211. The number of hydrogen-bond acceptors (Lipinski definition) is 3. The molecule has 0 aliphatic heterocycles. The standard InChI is InChI=1S/C19H21NO3/c1-13-5-8-17(14(2)11-13)20-19(21)10-6-15-12-16(22-3)7-9-18(15)23-4/h5-12H,1-4H3,(H,20,21)/b10-6+. The van der Waals surface area contributed by atoms with Crippen molar-refractivity contribution in [2.24, 2.45) is 0 Å². The second-order valence-corrected chi connectivity index (χ2v) is 5.25. The maximum Gasteiger partial charge on any atom is 0.248 e. The van der Waals surface area contributed by atoms with Crippen LogP contribution in [-0.2, 0) is 4.79 Å². The van der Waals surface area contributed by atoms with Gasteiger partial charge in [0.2, 0.25) is 5.91 Å². The minimum atomic E-state index is -0.193. The van der Waals surface area contributed by atoms with Gasteiger partial charge in [0, 0.05) is 17.3 Å². The molecule has 0 radical (unpaired) electrons. The Hall–Kier alpha value is -2.75. The zero-order valence-electron chi connectivity index (χ0n) is 13.8. The monoisotopic (exact) mass is 311 g/mol. The van der Waals surface area contributed by atoms with E-state index in [0.717, 1.165) is 22.4 Å². The number of carbonyl (C=O) groups excluding carboxylic acids is 1. The van der Waals surface area contributed by atoms with E-state index in [-0.39, 0.29) is 5.91 Å². The van der Waals surface area contributed by atoms with Crippen molar-refractivity contribution in [2.45, 2.75) is 13.8 Å². The Morgan fingerprint density at radius 3 is 2.48 bits per heavy atom. The average molecular weight is 311 g/mol. The van der Waals surface area contributed by atoms with Crippen molar-refractivity contribution in [1.29, 1.82) is 0 Å². The first kappa shape index (κ1) is 16.6. The van der Waals surface area contributed by atoms with Crippen LogP contribution in [0.3, 0.4) is 0 Å². The van der Waals surface area contributed by atoms with Crippen LogP contribution in [0.5, 0.6) is 11.5 Å². The summed E-state index contributed by atoms with van der Waals surface area (Å²) in [6.45, 7) is 3.99. The molecular formula is C19H21NO3. The first-order chi connectivity index (χ1) is 11.0. The zero-order valence-corrected chi connectivity index (χ0v) is 13.8. The number of benzene rings is 2. The molecule has 0 bridgehead atoms. The van der Waals surface area contributed by atoms with E-state index in [9.17, 15) is 4.79 Å². The topological polar surface area (TPSA) is 47.6 Å². The molecule has 23 heavy (non-hydrogen) atoms. The molecule has 2 aromatic carbocycles. The van der Waals surface area contributed by atoms with Crippen molar-refractivity contribution in [3.8, 4) is 11.5 Å². The fourth-order valence-corrected chi connectivity index (χ4v) is 2.26. The summed E-state index contributed by atoms with van der Waals surface area (Å²) in [6, 6.07) is 11.3. The molecule has 1 N–H and O–H groups in total. The number of aryl methyl sites for hydroxylation is 2. The first-order valence-electron chi connectivity index (χ1n) is 7.32. The lowest BCUT2D eigenvalue weighted by atomic mass is 10.1. The first-order valence-corrected chi connectivity index (χ1v) is 7.32. The Labute approximate surface area is 136 Å². The predicted molar refractivity (Wildman–Crippen MR) is 93.1 cm³/mol. The van der Waals surface area contributed by atoms with Crippen molar-refractivity contribution in [1.82, 2.24) is 0 Å². The van der Waals surface area contributed by atoms with Crippen LogP contribution >= 0.6 is 0 Å². The van der Waals surface area contributed by atoms with Gasteiger partial charge in [-0.05, 0) is 49.8 Å². The van der Waals surface area contributed by atoms with Crippen LogP contribution in [0, 0.1) is 13.8 Å². The third-order valence-electron chi connectivity index (χ3n) is 3.49. The van der Waals surface area contributed by atoms with E-state index in [1.165, 1.54) is 6.08 Å². The summed E-state index contributed by atoms with van der Waals surface area (Å²) in [5.41, 5.74) is 3.79. The minimum absolute atomic E-state index is 0.193. The van der Waals surface area contributed by atoms with E-state index in [2.05, 4.69) is 5.32 Å².